The van der Waals surface area contributed by atoms with Gasteiger partial charge in [0.05, 0.1) is 12.2 Å². The summed E-state index contributed by atoms with van der Waals surface area (Å²) in [5.74, 6) is -0.592. The quantitative estimate of drug-likeness (QED) is 0.721. The molecule has 3 N–H and O–H groups in total. The number of nitrogens with one attached hydrogen (secondary N) is 1. The summed E-state index contributed by atoms with van der Waals surface area (Å²) in [6.07, 6.45) is 0. The van der Waals surface area contributed by atoms with Gasteiger partial charge in [0, 0.05) is 23.4 Å². The first-order valence-corrected chi connectivity index (χ1v) is 8.09. The maximum absolute atomic E-state index is 12.7. The Morgan fingerprint density at radius 3 is 2.52 bits per heavy atom. The van der Waals surface area contributed by atoms with E-state index >= 15 is 0 Å². The van der Waals surface area contributed by atoms with Gasteiger partial charge in [-0.15, -0.1) is 0 Å². The largest absolute Gasteiger partial charge is 0.380 e. The SMILES string of the molecule is NC(=O)c1cc2c(n1CC(=O)c1ccccc1)-c1ccccc1NC2. The summed E-state index contributed by atoms with van der Waals surface area (Å²) in [4.78, 5) is 24.6. The molecule has 25 heavy (non-hydrogen) atoms. The Labute approximate surface area is 145 Å². The lowest BCUT2D eigenvalue weighted by atomic mass is 10.0. The second kappa shape index (κ2) is 5.94. The maximum Gasteiger partial charge on any atom is 0.265 e. The number of nitrogens with zero attached hydrogens (tertiary/aromatic N) is 1. The molecule has 5 nitrogen and oxygen atoms in total. The van der Waals surface area contributed by atoms with Crippen molar-refractivity contribution in [3.8, 4) is 11.3 Å². The predicted molar refractivity (Wildman–Crippen MR) is 96.5 cm³/mol. The highest BCUT2D eigenvalue weighted by Gasteiger charge is 2.25. The number of nitrogens with two attached hydrogens (primary N) is 1. The van der Waals surface area contributed by atoms with Crippen LogP contribution in [0.1, 0.15) is 26.4 Å². The van der Waals surface area contributed by atoms with Gasteiger partial charge in [-0.3, -0.25) is 9.59 Å². The van der Waals surface area contributed by atoms with Crippen molar-refractivity contribution in [2.75, 3.05) is 5.32 Å². The van der Waals surface area contributed by atoms with E-state index in [4.69, 9.17) is 5.73 Å². The molecule has 0 saturated carbocycles. The van der Waals surface area contributed by atoms with Crippen LogP contribution in [0.5, 0.6) is 0 Å². The Kier molecular flexibility index (Phi) is 3.61. The summed E-state index contributed by atoms with van der Waals surface area (Å²) >= 11 is 0. The number of amides is 1. The molecule has 0 saturated heterocycles. The van der Waals surface area contributed by atoms with Gasteiger partial charge in [-0.25, -0.2) is 0 Å². The van der Waals surface area contributed by atoms with Crippen molar-refractivity contribution < 1.29 is 9.59 Å². The number of aromatic nitrogens is 1. The van der Waals surface area contributed by atoms with Crippen molar-refractivity contribution in [3.05, 3.63) is 77.5 Å². The zero-order valence-electron chi connectivity index (χ0n) is 13.5. The van der Waals surface area contributed by atoms with Crippen molar-refractivity contribution in [2.45, 2.75) is 13.1 Å². The topological polar surface area (TPSA) is 77.1 Å². The monoisotopic (exact) mass is 331 g/mol. The minimum absolute atomic E-state index is 0.0579. The molecule has 4 rings (SSSR count). The van der Waals surface area contributed by atoms with Gasteiger partial charge >= 0.3 is 0 Å². The zero-order chi connectivity index (χ0) is 17.4. The van der Waals surface area contributed by atoms with Gasteiger partial charge in [-0.1, -0.05) is 48.5 Å². The highest BCUT2D eigenvalue weighted by atomic mass is 16.1. The third-order valence-corrected chi connectivity index (χ3v) is 4.48. The first-order chi connectivity index (χ1) is 12.1. The predicted octanol–water partition coefficient (Wildman–Crippen LogP) is 3.06. The van der Waals surface area contributed by atoms with Gasteiger partial charge in [-0.2, -0.15) is 0 Å². The Morgan fingerprint density at radius 1 is 1.04 bits per heavy atom. The van der Waals surface area contributed by atoms with Crippen molar-refractivity contribution in [1.82, 2.24) is 4.57 Å². The fraction of sp³-hybridized carbons (Fsp3) is 0.100. The number of benzene rings is 2. The van der Waals surface area contributed by atoms with Crippen LogP contribution in [0.2, 0.25) is 0 Å². The van der Waals surface area contributed by atoms with Crippen LogP contribution in [-0.2, 0) is 13.1 Å². The van der Waals surface area contributed by atoms with Crippen LogP contribution < -0.4 is 11.1 Å². The number of carbonyl (C=O) groups excluding carboxylic acids is 2. The second-order valence-corrected chi connectivity index (χ2v) is 6.04. The molecule has 1 aliphatic rings. The highest BCUT2D eigenvalue weighted by Crippen LogP contribution is 2.37. The third-order valence-electron chi connectivity index (χ3n) is 4.48. The van der Waals surface area contributed by atoms with E-state index < -0.39 is 5.91 Å². The number of ketones is 1. The summed E-state index contributed by atoms with van der Waals surface area (Å²) < 4.78 is 1.74. The van der Waals surface area contributed by atoms with Crippen LogP contribution >= 0.6 is 0 Å². The summed E-state index contributed by atoms with van der Waals surface area (Å²) in [7, 11) is 0. The standard InChI is InChI=1S/C20H17N3O2/c21-20(25)17-10-14-11-22-16-9-5-4-8-15(16)19(14)23(17)12-18(24)13-6-2-1-3-7-13/h1-10,22H,11-12H2,(H2,21,25). The number of anilines is 1. The molecule has 0 radical (unpaired) electrons. The van der Waals surface area contributed by atoms with Gasteiger partial charge < -0.3 is 15.6 Å². The molecule has 0 bridgehead atoms. The van der Waals surface area contributed by atoms with Gasteiger partial charge in [0.15, 0.2) is 5.78 Å². The van der Waals surface area contributed by atoms with Crippen molar-refractivity contribution in [3.63, 3.8) is 0 Å². The molecule has 0 unspecified atom stereocenters. The van der Waals surface area contributed by atoms with Crippen molar-refractivity contribution >= 4 is 17.4 Å². The lowest BCUT2D eigenvalue weighted by molar-refractivity contribution is 0.0964. The lowest BCUT2D eigenvalue weighted by Gasteiger charge is -2.21. The van der Waals surface area contributed by atoms with Crippen LogP contribution in [-0.4, -0.2) is 16.3 Å². The summed E-state index contributed by atoms with van der Waals surface area (Å²) in [5.41, 5.74) is 10.3. The maximum atomic E-state index is 12.7. The number of hydrogen-bond acceptors (Lipinski definition) is 3. The van der Waals surface area contributed by atoms with Crippen LogP contribution in [0.15, 0.2) is 60.7 Å². The Bertz CT molecular complexity index is 974. The molecule has 5 heteroatoms. The number of para-hydroxylation sites is 1. The molecule has 124 valence electrons. The van der Waals surface area contributed by atoms with E-state index in [0.29, 0.717) is 17.8 Å². The average molecular weight is 331 g/mol. The fourth-order valence-electron chi connectivity index (χ4n) is 3.32. The van der Waals surface area contributed by atoms with Gasteiger partial charge in [0.25, 0.3) is 5.91 Å². The number of rotatable bonds is 4. The Morgan fingerprint density at radius 2 is 1.76 bits per heavy atom. The molecular formula is C20H17N3O2. The molecule has 1 aromatic heterocycles. The Hall–Kier alpha value is -3.34. The second-order valence-electron chi connectivity index (χ2n) is 6.04. The number of Topliss-reactive ketones (excluding diaryl/α,β-unsaturated/α-hetero) is 1. The number of primary amides is 1. The minimum Gasteiger partial charge on any atom is -0.380 e. The summed E-state index contributed by atoms with van der Waals surface area (Å²) in [6.45, 7) is 0.672. The normalized spacial score (nSPS) is 12.0. The molecule has 0 fully saturated rings. The molecule has 1 aliphatic heterocycles. The van der Waals surface area contributed by atoms with Crippen molar-refractivity contribution in [1.29, 1.82) is 0 Å². The van der Waals surface area contributed by atoms with E-state index in [0.717, 1.165) is 22.5 Å². The van der Waals surface area contributed by atoms with E-state index in [9.17, 15) is 9.59 Å². The smallest absolute Gasteiger partial charge is 0.265 e. The van der Waals surface area contributed by atoms with Crippen molar-refractivity contribution in [2.24, 2.45) is 5.73 Å². The molecule has 2 aromatic carbocycles. The molecule has 0 spiro atoms. The summed E-state index contributed by atoms with van der Waals surface area (Å²) in [6, 6.07) is 18.7. The highest BCUT2D eigenvalue weighted by molar-refractivity contribution is 5.99. The van der Waals surface area contributed by atoms with E-state index in [-0.39, 0.29) is 12.3 Å². The third kappa shape index (κ3) is 2.59. The van der Waals surface area contributed by atoms with Gasteiger partial charge in [0.2, 0.25) is 0 Å². The van der Waals surface area contributed by atoms with Crippen LogP contribution in [0, 0.1) is 0 Å². The number of carbonyl (C=O) groups is 2. The molecule has 0 atom stereocenters. The van der Waals surface area contributed by atoms with E-state index in [1.807, 2.05) is 42.5 Å². The minimum atomic E-state index is -0.534. The van der Waals surface area contributed by atoms with Gasteiger partial charge in [0.1, 0.15) is 5.69 Å². The lowest BCUT2D eigenvalue weighted by Crippen LogP contribution is -2.21. The van der Waals surface area contributed by atoms with E-state index in [1.54, 1.807) is 22.8 Å². The number of fused-ring (bicyclic) bond motifs is 3. The molecular weight excluding hydrogens is 314 g/mol. The number of hydrogen-bond donors (Lipinski definition) is 2. The van der Waals surface area contributed by atoms with Crippen LogP contribution in [0.3, 0.4) is 0 Å². The molecule has 1 amide bonds. The zero-order valence-corrected chi connectivity index (χ0v) is 13.5. The van der Waals surface area contributed by atoms with Crippen LogP contribution in [0.4, 0.5) is 5.69 Å². The first kappa shape index (κ1) is 15.2. The molecule has 0 aliphatic carbocycles. The molecule has 2 heterocycles. The average Bonchev–Trinajstić information content (AvgIpc) is 3.01. The first-order valence-electron chi connectivity index (χ1n) is 8.09. The van der Waals surface area contributed by atoms with E-state index in [2.05, 4.69) is 5.32 Å². The van der Waals surface area contributed by atoms with E-state index in [1.165, 1.54) is 0 Å². The van der Waals surface area contributed by atoms with Gasteiger partial charge in [-0.05, 0) is 17.7 Å². The molecule has 3 aromatic rings. The Balaban J connectivity index is 1.84. The summed E-state index contributed by atoms with van der Waals surface area (Å²) in [5, 5.41) is 3.33. The van der Waals surface area contributed by atoms with Crippen LogP contribution in [0.25, 0.3) is 11.3 Å². The fourth-order valence-corrected chi connectivity index (χ4v) is 3.32.